The van der Waals surface area contributed by atoms with Gasteiger partial charge in [-0.05, 0) is 43.2 Å². The van der Waals surface area contributed by atoms with E-state index in [9.17, 15) is 9.59 Å². The Balaban J connectivity index is 1.68. The number of hydrogen-bond donors (Lipinski definition) is 0. The van der Waals surface area contributed by atoms with Gasteiger partial charge in [0, 0.05) is 12.3 Å². The highest BCUT2D eigenvalue weighted by molar-refractivity contribution is 5.96. The molecule has 2 aliphatic carbocycles. The molecule has 0 amide bonds. The number of hydrogen-bond acceptors (Lipinski definition) is 4. The minimum atomic E-state index is -0.0990. The smallest absolute Gasteiger partial charge is 0.309 e. The minimum absolute atomic E-state index is 0.00891. The molecule has 1 aliphatic heterocycles. The molecule has 3 aliphatic rings. The molecular formula is C19H22O4. The number of esters is 1. The molecule has 0 N–H and O–H groups in total. The summed E-state index contributed by atoms with van der Waals surface area (Å²) >= 11 is 0. The Labute approximate surface area is 135 Å². The molecule has 1 saturated carbocycles. The fraction of sp³-hybridized carbons (Fsp3) is 0.579. The first-order valence-corrected chi connectivity index (χ1v) is 8.45. The van der Waals surface area contributed by atoms with Gasteiger partial charge in [0.1, 0.15) is 12.4 Å². The Morgan fingerprint density at radius 1 is 1.43 bits per heavy atom. The summed E-state index contributed by atoms with van der Waals surface area (Å²) in [5.74, 6) is 0.466. The van der Waals surface area contributed by atoms with Crippen LogP contribution in [0.15, 0.2) is 34.7 Å². The molecule has 0 bridgehead atoms. The predicted molar refractivity (Wildman–Crippen MR) is 83.7 cm³/mol. The standard InChI is InChI=1S/C19H22O4/c1-11-8-16-17-13(18(21)23-16)4-3-6-19(17,2)14(11)9-15(20)12-5-7-22-10-12/h5,7-8,10,13-14,16-17H,3-4,6,9H2,1-2H3/t13-,14-,16+,17?,19+/m0/s1. The monoisotopic (exact) mass is 314 g/mol. The zero-order valence-electron chi connectivity index (χ0n) is 13.6. The summed E-state index contributed by atoms with van der Waals surface area (Å²) in [5.41, 5.74) is 1.77. The molecule has 0 radical (unpaired) electrons. The van der Waals surface area contributed by atoms with Crippen molar-refractivity contribution in [2.75, 3.05) is 0 Å². The predicted octanol–water partition coefficient (Wildman–Crippen LogP) is 3.78. The summed E-state index contributed by atoms with van der Waals surface area (Å²) in [6.07, 6.45) is 8.52. The van der Waals surface area contributed by atoms with Gasteiger partial charge in [0.05, 0.1) is 17.7 Å². The van der Waals surface area contributed by atoms with Gasteiger partial charge in [-0.3, -0.25) is 9.59 Å². The van der Waals surface area contributed by atoms with Gasteiger partial charge in [-0.15, -0.1) is 0 Å². The van der Waals surface area contributed by atoms with E-state index in [0.29, 0.717) is 12.0 Å². The Bertz CT molecular complexity index is 672. The topological polar surface area (TPSA) is 56.5 Å². The highest BCUT2D eigenvalue weighted by Crippen LogP contribution is 2.59. The van der Waals surface area contributed by atoms with Gasteiger partial charge in [-0.1, -0.05) is 18.9 Å². The van der Waals surface area contributed by atoms with Crippen LogP contribution in [0.1, 0.15) is 49.9 Å². The zero-order chi connectivity index (χ0) is 16.2. The Kier molecular flexibility index (Phi) is 3.26. The van der Waals surface area contributed by atoms with Crippen molar-refractivity contribution in [1.29, 1.82) is 0 Å². The molecule has 2 heterocycles. The molecule has 1 unspecified atom stereocenters. The van der Waals surface area contributed by atoms with Crippen molar-refractivity contribution in [2.24, 2.45) is 23.2 Å². The SMILES string of the molecule is CC1=C[C@H]2OC(=O)[C@H]3CCC[C@@](C)(C32)[C@H]1CC(=O)c1ccoc1. The number of carbonyl (C=O) groups is 2. The van der Waals surface area contributed by atoms with Crippen LogP contribution in [0.5, 0.6) is 0 Å². The molecular weight excluding hydrogens is 292 g/mol. The number of rotatable bonds is 3. The van der Waals surface area contributed by atoms with Crippen LogP contribution in [0.25, 0.3) is 0 Å². The molecule has 1 aromatic rings. The van der Waals surface area contributed by atoms with Crippen molar-refractivity contribution in [3.8, 4) is 0 Å². The largest absolute Gasteiger partial charge is 0.472 e. The van der Waals surface area contributed by atoms with Crippen LogP contribution in [-0.2, 0) is 9.53 Å². The molecule has 4 heteroatoms. The first kappa shape index (κ1) is 14.7. The molecule has 1 aromatic heterocycles. The molecule has 0 aromatic carbocycles. The van der Waals surface area contributed by atoms with Crippen LogP contribution in [0.3, 0.4) is 0 Å². The number of allylic oxidation sites excluding steroid dienone is 1. The Morgan fingerprint density at radius 2 is 2.26 bits per heavy atom. The van der Waals surface area contributed by atoms with Crippen LogP contribution in [0, 0.1) is 23.2 Å². The average Bonchev–Trinajstić information content (AvgIpc) is 3.13. The van der Waals surface area contributed by atoms with Gasteiger partial charge >= 0.3 is 5.97 Å². The maximum Gasteiger partial charge on any atom is 0.309 e. The summed E-state index contributed by atoms with van der Waals surface area (Å²) in [6, 6.07) is 1.72. The molecule has 0 spiro atoms. The first-order chi connectivity index (χ1) is 11.0. The fourth-order valence-electron chi connectivity index (χ4n) is 5.23. The summed E-state index contributed by atoms with van der Waals surface area (Å²) in [6.45, 7) is 4.33. The van der Waals surface area contributed by atoms with Crippen molar-refractivity contribution >= 4 is 11.8 Å². The van der Waals surface area contributed by atoms with Crippen LogP contribution in [-0.4, -0.2) is 17.9 Å². The van der Waals surface area contributed by atoms with E-state index in [1.165, 1.54) is 18.1 Å². The van der Waals surface area contributed by atoms with E-state index in [0.717, 1.165) is 19.3 Å². The Hall–Kier alpha value is -1.84. The lowest BCUT2D eigenvalue weighted by molar-refractivity contribution is -0.143. The molecule has 122 valence electrons. The number of ketones is 1. The quantitative estimate of drug-likeness (QED) is 0.484. The Morgan fingerprint density at radius 3 is 3.00 bits per heavy atom. The number of Topliss-reactive ketones (excluding diaryl/α,β-unsaturated/α-hetero) is 1. The highest BCUT2D eigenvalue weighted by atomic mass is 16.6. The van der Waals surface area contributed by atoms with Crippen molar-refractivity contribution in [2.45, 2.75) is 45.6 Å². The van der Waals surface area contributed by atoms with Gasteiger partial charge in [0.2, 0.25) is 0 Å². The summed E-state index contributed by atoms with van der Waals surface area (Å²) < 4.78 is 10.7. The van der Waals surface area contributed by atoms with E-state index in [-0.39, 0.29) is 41.0 Å². The van der Waals surface area contributed by atoms with Gasteiger partial charge in [-0.2, -0.15) is 0 Å². The van der Waals surface area contributed by atoms with Crippen molar-refractivity contribution in [3.63, 3.8) is 0 Å². The van der Waals surface area contributed by atoms with E-state index < -0.39 is 0 Å². The van der Waals surface area contributed by atoms with E-state index in [1.54, 1.807) is 6.07 Å². The lowest BCUT2D eigenvalue weighted by atomic mass is 9.52. The summed E-state index contributed by atoms with van der Waals surface area (Å²) in [7, 11) is 0. The van der Waals surface area contributed by atoms with Crippen LogP contribution < -0.4 is 0 Å². The third-order valence-electron chi connectivity index (χ3n) is 6.34. The number of ether oxygens (including phenoxy) is 1. The van der Waals surface area contributed by atoms with Crippen molar-refractivity contribution < 1.29 is 18.7 Å². The molecule has 23 heavy (non-hydrogen) atoms. The average molecular weight is 314 g/mol. The van der Waals surface area contributed by atoms with Crippen molar-refractivity contribution in [3.05, 3.63) is 35.8 Å². The molecule has 4 nitrogen and oxygen atoms in total. The molecule has 2 fully saturated rings. The number of furan rings is 1. The first-order valence-electron chi connectivity index (χ1n) is 8.45. The second-order valence-corrected chi connectivity index (χ2v) is 7.53. The number of carbonyl (C=O) groups excluding carboxylic acids is 2. The zero-order valence-corrected chi connectivity index (χ0v) is 13.6. The van der Waals surface area contributed by atoms with Crippen LogP contribution in [0.2, 0.25) is 0 Å². The fourth-order valence-corrected chi connectivity index (χ4v) is 5.23. The lowest BCUT2D eigenvalue weighted by Gasteiger charge is -2.51. The molecule has 5 atom stereocenters. The third kappa shape index (κ3) is 2.11. The maximum absolute atomic E-state index is 12.6. The van der Waals surface area contributed by atoms with Crippen LogP contribution in [0.4, 0.5) is 0 Å². The third-order valence-corrected chi connectivity index (χ3v) is 6.34. The van der Waals surface area contributed by atoms with E-state index >= 15 is 0 Å². The van der Waals surface area contributed by atoms with Gasteiger partial charge in [0.25, 0.3) is 0 Å². The van der Waals surface area contributed by atoms with E-state index in [1.807, 2.05) is 0 Å². The van der Waals surface area contributed by atoms with E-state index in [2.05, 4.69) is 19.9 Å². The highest BCUT2D eigenvalue weighted by Gasteiger charge is 2.59. The second-order valence-electron chi connectivity index (χ2n) is 7.53. The van der Waals surface area contributed by atoms with Gasteiger partial charge in [-0.25, -0.2) is 0 Å². The summed E-state index contributed by atoms with van der Waals surface area (Å²) in [5, 5.41) is 0. The second kappa shape index (κ2) is 5.08. The maximum atomic E-state index is 12.6. The van der Waals surface area contributed by atoms with Gasteiger partial charge in [0.15, 0.2) is 5.78 Å². The lowest BCUT2D eigenvalue weighted by Crippen LogP contribution is -2.48. The normalized spacial score (nSPS) is 38.7. The van der Waals surface area contributed by atoms with Crippen molar-refractivity contribution in [1.82, 2.24) is 0 Å². The van der Waals surface area contributed by atoms with E-state index in [4.69, 9.17) is 9.15 Å². The molecule has 1 saturated heterocycles. The minimum Gasteiger partial charge on any atom is -0.472 e. The van der Waals surface area contributed by atoms with Gasteiger partial charge < -0.3 is 9.15 Å². The molecule has 4 rings (SSSR count). The van der Waals surface area contributed by atoms with Crippen LogP contribution >= 0.6 is 0 Å². The summed E-state index contributed by atoms with van der Waals surface area (Å²) in [4.78, 5) is 24.8.